The molecule has 0 saturated heterocycles. The minimum atomic E-state index is -1.14. The maximum atomic E-state index is 8.86. The summed E-state index contributed by atoms with van der Waals surface area (Å²) in [4.78, 5) is 8.86. The first-order chi connectivity index (χ1) is 3.46. The van der Waals surface area contributed by atoms with Gasteiger partial charge in [-0.2, -0.15) is 0 Å². The van der Waals surface area contributed by atoms with E-state index in [2.05, 4.69) is 24.1 Å². The van der Waals surface area contributed by atoms with E-state index in [-0.39, 0.29) is 5.96 Å². The molecular formula is C2H7N3O2S. The predicted molar refractivity (Wildman–Crippen MR) is 33.1 cm³/mol. The molecule has 0 bridgehead atoms. The van der Waals surface area contributed by atoms with Crippen LogP contribution in [0.3, 0.4) is 0 Å². The predicted octanol–water partition coefficient (Wildman–Crippen LogP) is -0.567. The van der Waals surface area contributed by atoms with Crippen LogP contribution in [0.5, 0.6) is 0 Å². The fraction of sp³-hybridized carbons (Fsp3) is 0. The van der Waals surface area contributed by atoms with Crippen molar-refractivity contribution in [2.45, 2.75) is 0 Å². The zero-order valence-corrected chi connectivity index (χ0v) is 4.85. The Kier molecular flexibility index (Phi) is 7.73. The lowest BCUT2D eigenvalue weighted by Gasteiger charge is -1.69. The molecule has 0 fully saturated rings. The summed E-state index contributed by atoms with van der Waals surface area (Å²) in [6, 6.07) is 0. The van der Waals surface area contributed by atoms with Crippen molar-refractivity contribution < 1.29 is 9.90 Å². The average Bonchev–Trinajstić information content (AvgIpc) is 1.25. The largest absolute Gasteiger partial charge is 0.473 e. The third-order valence-electron chi connectivity index (χ3n) is 0. The molecule has 0 heterocycles. The molecule has 0 spiro atoms. The van der Waals surface area contributed by atoms with Gasteiger partial charge in [0.25, 0.3) is 0 Å². The molecule has 6 heteroatoms. The van der Waals surface area contributed by atoms with E-state index in [0.717, 1.165) is 0 Å². The second-order valence-corrected chi connectivity index (χ2v) is 1.12. The highest BCUT2D eigenvalue weighted by atomic mass is 32.1. The van der Waals surface area contributed by atoms with Crippen molar-refractivity contribution in [1.29, 1.82) is 5.41 Å². The number of guanidine groups is 1. The van der Waals surface area contributed by atoms with E-state index in [4.69, 9.17) is 15.3 Å². The zero-order chi connectivity index (χ0) is 7.15. The minimum absolute atomic E-state index is 0.333. The molecule has 0 aromatic carbocycles. The molecule has 0 atom stereocenters. The summed E-state index contributed by atoms with van der Waals surface area (Å²) in [7, 11) is 0. The second kappa shape index (κ2) is 6.09. The first kappa shape index (κ1) is 10.1. The Labute approximate surface area is 51.6 Å². The molecule has 6 N–H and O–H groups in total. The minimum Gasteiger partial charge on any atom is -0.473 e. The number of rotatable bonds is 0. The SMILES string of the molecule is N=C(N)N.O=C(O)S. The maximum absolute atomic E-state index is 8.86. The van der Waals surface area contributed by atoms with E-state index in [1.165, 1.54) is 0 Å². The standard InChI is InChI=1S/CH5N3.CH2O2S/c2*2-1(3)4/h(H5,2,3,4);4H,(H,2,3). The molecule has 0 aromatic rings. The lowest BCUT2D eigenvalue weighted by atomic mass is 11.1. The van der Waals surface area contributed by atoms with Crippen molar-refractivity contribution in [2.24, 2.45) is 11.5 Å². The Morgan fingerprint density at radius 3 is 1.62 bits per heavy atom. The van der Waals surface area contributed by atoms with Crippen LogP contribution in [0.25, 0.3) is 0 Å². The number of nitrogens with one attached hydrogen (secondary N) is 1. The van der Waals surface area contributed by atoms with Gasteiger partial charge in [0, 0.05) is 0 Å². The van der Waals surface area contributed by atoms with E-state index in [0.29, 0.717) is 0 Å². The van der Waals surface area contributed by atoms with E-state index in [1.807, 2.05) is 0 Å². The van der Waals surface area contributed by atoms with Gasteiger partial charge in [-0.25, -0.2) is 4.79 Å². The van der Waals surface area contributed by atoms with Crippen molar-refractivity contribution in [3.8, 4) is 0 Å². The van der Waals surface area contributed by atoms with Crippen LogP contribution >= 0.6 is 12.6 Å². The molecule has 0 radical (unpaired) electrons. The number of carbonyl (C=O) groups is 1. The van der Waals surface area contributed by atoms with Crippen LogP contribution in [-0.2, 0) is 0 Å². The average molecular weight is 137 g/mol. The van der Waals surface area contributed by atoms with Gasteiger partial charge in [0.15, 0.2) is 5.96 Å². The summed E-state index contributed by atoms with van der Waals surface area (Å²) >= 11 is 2.88. The fourth-order valence-electron chi connectivity index (χ4n) is 0. The summed E-state index contributed by atoms with van der Waals surface area (Å²) in [6.45, 7) is 0. The topological polar surface area (TPSA) is 113 Å². The number of nitrogens with two attached hydrogens (primary N) is 2. The first-order valence-electron chi connectivity index (χ1n) is 1.48. The summed E-state index contributed by atoms with van der Waals surface area (Å²) in [5, 5.41) is 12.2. The summed E-state index contributed by atoms with van der Waals surface area (Å²) in [5.41, 5.74) is 8.94. The Morgan fingerprint density at radius 2 is 1.62 bits per heavy atom. The van der Waals surface area contributed by atoms with Crippen LogP contribution in [-0.4, -0.2) is 16.4 Å². The molecule has 8 heavy (non-hydrogen) atoms. The van der Waals surface area contributed by atoms with Crippen LogP contribution in [0.2, 0.25) is 0 Å². The van der Waals surface area contributed by atoms with Crippen molar-refractivity contribution in [2.75, 3.05) is 0 Å². The molecule has 0 aliphatic rings. The fourth-order valence-corrected chi connectivity index (χ4v) is 0. The van der Waals surface area contributed by atoms with Crippen LogP contribution in [0.1, 0.15) is 0 Å². The van der Waals surface area contributed by atoms with Crippen molar-refractivity contribution in [1.82, 2.24) is 0 Å². The first-order valence-corrected chi connectivity index (χ1v) is 1.93. The Hall–Kier alpha value is -0.910. The van der Waals surface area contributed by atoms with Crippen LogP contribution in [0.15, 0.2) is 0 Å². The summed E-state index contributed by atoms with van der Waals surface area (Å²) < 4.78 is 0. The molecule has 0 saturated carbocycles. The van der Waals surface area contributed by atoms with Crippen molar-refractivity contribution in [3.05, 3.63) is 0 Å². The van der Waals surface area contributed by atoms with Crippen LogP contribution < -0.4 is 11.5 Å². The molecule has 0 rings (SSSR count). The Bertz CT molecular complexity index is 73.3. The molecule has 0 aliphatic heterocycles. The van der Waals surface area contributed by atoms with Gasteiger partial charge in [0.2, 0.25) is 0 Å². The second-order valence-electron chi connectivity index (χ2n) is 0.738. The maximum Gasteiger partial charge on any atom is 0.361 e. The molecule has 0 aromatic heterocycles. The molecule has 0 unspecified atom stereocenters. The summed E-state index contributed by atoms with van der Waals surface area (Å²) in [6.07, 6.45) is 0. The van der Waals surface area contributed by atoms with Gasteiger partial charge < -0.3 is 16.6 Å². The normalized spacial score (nSPS) is 6.12. The van der Waals surface area contributed by atoms with Gasteiger partial charge in [0.1, 0.15) is 0 Å². The van der Waals surface area contributed by atoms with E-state index < -0.39 is 5.30 Å². The Balaban J connectivity index is 0. The van der Waals surface area contributed by atoms with Gasteiger partial charge in [-0.15, -0.1) is 0 Å². The highest BCUT2D eigenvalue weighted by Gasteiger charge is 1.67. The highest BCUT2D eigenvalue weighted by Crippen LogP contribution is 1.66. The number of hydrogen-bond donors (Lipinski definition) is 5. The smallest absolute Gasteiger partial charge is 0.361 e. The van der Waals surface area contributed by atoms with Gasteiger partial charge in [0.05, 0.1) is 0 Å². The van der Waals surface area contributed by atoms with Crippen molar-refractivity contribution in [3.63, 3.8) is 0 Å². The highest BCUT2D eigenvalue weighted by molar-refractivity contribution is 7.96. The van der Waals surface area contributed by atoms with Gasteiger partial charge in [-0.3, -0.25) is 5.41 Å². The van der Waals surface area contributed by atoms with Crippen LogP contribution in [0, 0.1) is 5.41 Å². The number of hydrogen-bond acceptors (Lipinski definition) is 2. The molecule has 5 nitrogen and oxygen atoms in total. The van der Waals surface area contributed by atoms with E-state index >= 15 is 0 Å². The van der Waals surface area contributed by atoms with E-state index in [1.54, 1.807) is 0 Å². The van der Waals surface area contributed by atoms with E-state index in [9.17, 15) is 0 Å². The van der Waals surface area contributed by atoms with Gasteiger partial charge in [-0.1, -0.05) is 12.6 Å². The van der Waals surface area contributed by atoms with Crippen molar-refractivity contribution >= 4 is 23.9 Å². The summed E-state index contributed by atoms with van der Waals surface area (Å²) in [5.74, 6) is -0.333. The molecular weight excluding hydrogens is 130 g/mol. The van der Waals surface area contributed by atoms with Crippen LogP contribution in [0.4, 0.5) is 4.79 Å². The third kappa shape index (κ3) is 103. The molecule has 48 valence electrons. The Morgan fingerprint density at radius 1 is 1.62 bits per heavy atom. The third-order valence-corrected chi connectivity index (χ3v) is 0. The number of thiol groups is 1. The molecule has 0 aliphatic carbocycles. The molecule has 0 amide bonds. The quantitative estimate of drug-likeness (QED) is 0.175. The number of carboxylic acid groups (broad SMARTS) is 1. The van der Waals surface area contributed by atoms with Gasteiger partial charge in [-0.05, 0) is 0 Å². The van der Waals surface area contributed by atoms with Gasteiger partial charge >= 0.3 is 5.30 Å². The zero-order valence-electron chi connectivity index (χ0n) is 3.96. The monoisotopic (exact) mass is 137 g/mol. The lowest BCUT2D eigenvalue weighted by Crippen LogP contribution is -2.20. The lowest BCUT2D eigenvalue weighted by molar-refractivity contribution is 0.222.